The summed E-state index contributed by atoms with van der Waals surface area (Å²) in [5, 5.41) is 8.82. The second-order valence-electron chi connectivity index (χ2n) is 3.93. The zero-order valence-corrected chi connectivity index (χ0v) is 10.0. The molecular formula is C14H16N2O2. The summed E-state index contributed by atoms with van der Waals surface area (Å²) in [6.07, 6.45) is 2.36. The minimum atomic E-state index is 0.155. The van der Waals surface area contributed by atoms with Crippen molar-refractivity contribution in [3.8, 4) is 11.6 Å². The molecule has 2 rings (SSSR count). The Bertz CT molecular complexity index is 480. The van der Waals surface area contributed by atoms with Crippen molar-refractivity contribution in [3.63, 3.8) is 0 Å². The first kappa shape index (κ1) is 12.5. The van der Waals surface area contributed by atoms with Gasteiger partial charge in [-0.2, -0.15) is 0 Å². The van der Waals surface area contributed by atoms with E-state index in [4.69, 9.17) is 15.6 Å². The molecule has 1 heterocycles. The summed E-state index contributed by atoms with van der Waals surface area (Å²) < 4.78 is 5.60. The van der Waals surface area contributed by atoms with Crippen LogP contribution in [0.15, 0.2) is 42.6 Å². The number of ether oxygens (including phenoxy) is 1. The molecule has 94 valence electrons. The monoisotopic (exact) mass is 244 g/mol. The molecule has 3 N–H and O–H groups in total. The number of benzene rings is 1. The van der Waals surface area contributed by atoms with Crippen molar-refractivity contribution >= 4 is 0 Å². The molecule has 0 aliphatic carbocycles. The predicted molar refractivity (Wildman–Crippen MR) is 69.4 cm³/mol. The van der Waals surface area contributed by atoms with Gasteiger partial charge >= 0.3 is 0 Å². The summed E-state index contributed by atoms with van der Waals surface area (Å²) >= 11 is 0. The van der Waals surface area contributed by atoms with E-state index in [0.717, 1.165) is 16.9 Å². The Hall–Kier alpha value is -1.91. The number of hydrogen-bond donors (Lipinski definition) is 2. The normalized spacial score (nSPS) is 10.3. The first-order valence-corrected chi connectivity index (χ1v) is 5.84. The van der Waals surface area contributed by atoms with Crippen molar-refractivity contribution in [2.24, 2.45) is 5.73 Å². The highest BCUT2D eigenvalue weighted by Gasteiger charge is 1.99. The van der Waals surface area contributed by atoms with E-state index < -0.39 is 0 Å². The van der Waals surface area contributed by atoms with Crippen LogP contribution in [0.2, 0.25) is 0 Å². The molecule has 2 aromatic rings. The standard InChI is InChI=1S/C14H16N2O2/c15-9-12-3-6-14(16-10-12)18-13-4-1-11(2-5-13)7-8-17/h1-6,10,17H,7-9,15H2. The van der Waals surface area contributed by atoms with Gasteiger partial charge in [-0.05, 0) is 29.7 Å². The van der Waals surface area contributed by atoms with Gasteiger partial charge in [0.25, 0.3) is 0 Å². The highest BCUT2D eigenvalue weighted by Crippen LogP contribution is 2.19. The first-order chi connectivity index (χ1) is 8.81. The Labute approximate surface area is 106 Å². The molecule has 0 bridgehead atoms. The van der Waals surface area contributed by atoms with Crippen LogP contribution < -0.4 is 10.5 Å². The number of nitrogens with two attached hydrogens (primary N) is 1. The van der Waals surface area contributed by atoms with Crippen LogP contribution in [0, 0.1) is 0 Å². The second kappa shape index (κ2) is 6.14. The molecule has 0 aliphatic heterocycles. The summed E-state index contributed by atoms with van der Waals surface area (Å²) in [5.41, 5.74) is 7.55. The Balaban J connectivity index is 2.03. The average Bonchev–Trinajstić information content (AvgIpc) is 2.42. The molecule has 18 heavy (non-hydrogen) atoms. The van der Waals surface area contributed by atoms with Crippen LogP contribution in [0.1, 0.15) is 11.1 Å². The molecule has 0 unspecified atom stereocenters. The quantitative estimate of drug-likeness (QED) is 0.842. The lowest BCUT2D eigenvalue weighted by atomic mass is 10.1. The van der Waals surface area contributed by atoms with Crippen LogP contribution in [0.4, 0.5) is 0 Å². The third-order valence-electron chi connectivity index (χ3n) is 2.58. The number of hydrogen-bond acceptors (Lipinski definition) is 4. The van der Waals surface area contributed by atoms with Gasteiger partial charge in [-0.3, -0.25) is 0 Å². The Kier molecular flexibility index (Phi) is 4.28. The molecule has 0 saturated heterocycles. The fourth-order valence-corrected chi connectivity index (χ4v) is 1.57. The van der Waals surface area contributed by atoms with Gasteiger partial charge in [0.05, 0.1) is 0 Å². The van der Waals surface area contributed by atoms with Crippen LogP contribution in [0.3, 0.4) is 0 Å². The van der Waals surface area contributed by atoms with Crippen molar-refractivity contribution in [2.45, 2.75) is 13.0 Å². The third-order valence-corrected chi connectivity index (χ3v) is 2.58. The topological polar surface area (TPSA) is 68.4 Å². The molecular weight excluding hydrogens is 228 g/mol. The van der Waals surface area contributed by atoms with Crippen LogP contribution >= 0.6 is 0 Å². The van der Waals surface area contributed by atoms with Crippen LogP contribution in [0.5, 0.6) is 11.6 Å². The summed E-state index contributed by atoms with van der Waals surface area (Å²) in [7, 11) is 0. The van der Waals surface area contributed by atoms with E-state index in [1.165, 1.54) is 0 Å². The fraction of sp³-hybridized carbons (Fsp3) is 0.214. The van der Waals surface area contributed by atoms with Crippen molar-refractivity contribution < 1.29 is 9.84 Å². The highest BCUT2D eigenvalue weighted by atomic mass is 16.5. The van der Waals surface area contributed by atoms with Gasteiger partial charge in [-0.25, -0.2) is 4.98 Å². The van der Waals surface area contributed by atoms with E-state index >= 15 is 0 Å². The number of nitrogens with zero attached hydrogens (tertiary/aromatic N) is 1. The summed E-state index contributed by atoms with van der Waals surface area (Å²) in [4.78, 5) is 4.16. The fourth-order valence-electron chi connectivity index (χ4n) is 1.57. The smallest absolute Gasteiger partial charge is 0.219 e. The third kappa shape index (κ3) is 3.29. The zero-order valence-electron chi connectivity index (χ0n) is 10.0. The van der Waals surface area contributed by atoms with Gasteiger partial charge < -0.3 is 15.6 Å². The molecule has 1 aromatic carbocycles. The van der Waals surface area contributed by atoms with Crippen LogP contribution in [-0.2, 0) is 13.0 Å². The van der Waals surface area contributed by atoms with Crippen molar-refractivity contribution in [1.29, 1.82) is 0 Å². The molecule has 4 nitrogen and oxygen atoms in total. The lowest BCUT2D eigenvalue weighted by Gasteiger charge is -2.06. The molecule has 0 aliphatic rings. The predicted octanol–water partition coefficient (Wildman–Crippen LogP) is 1.87. The van der Waals surface area contributed by atoms with Crippen molar-refractivity contribution in [1.82, 2.24) is 4.98 Å². The lowest BCUT2D eigenvalue weighted by molar-refractivity contribution is 0.299. The van der Waals surface area contributed by atoms with Gasteiger partial charge in [0.2, 0.25) is 5.88 Å². The molecule has 0 fully saturated rings. The molecule has 1 aromatic heterocycles. The van der Waals surface area contributed by atoms with E-state index in [0.29, 0.717) is 18.8 Å². The highest BCUT2D eigenvalue weighted by molar-refractivity contribution is 5.31. The summed E-state index contributed by atoms with van der Waals surface area (Å²) in [5.74, 6) is 1.27. The molecule has 0 saturated carbocycles. The Morgan fingerprint density at radius 3 is 2.33 bits per heavy atom. The summed E-state index contributed by atoms with van der Waals surface area (Å²) in [6, 6.07) is 11.3. The zero-order chi connectivity index (χ0) is 12.8. The van der Waals surface area contributed by atoms with Gasteiger partial charge in [0.15, 0.2) is 0 Å². The molecule has 4 heteroatoms. The SMILES string of the molecule is NCc1ccc(Oc2ccc(CCO)cc2)nc1. The second-order valence-corrected chi connectivity index (χ2v) is 3.93. The number of aromatic nitrogens is 1. The Morgan fingerprint density at radius 1 is 1.06 bits per heavy atom. The maximum absolute atomic E-state index is 8.82. The van der Waals surface area contributed by atoms with Gasteiger partial charge in [0, 0.05) is 25.4 Å². The van der Waals surface area contributed by atoms with E-state index in [1.54, 1.807) is 12.3 Å². The average molecular weight is 244 g/mol. The van der Waals surface area contributed by atoms with E-state index in [2.05, 4.69) is 4.98 Å². The maximum atomic E-state index is 8.82. The first-order valence-electron chi connectivity index (χ1n) is 5.84. The van der Waals surface area contributed by atoms with Gasteiger partial charge in [-0.1, -0.05) is 18.2 Å². The minimum Gasteiger partial charge on any atom is -0.439 e. The number of aliphatic hydroxyl groups excluding tert-OH is 1. The molecule has 0 radical (unpaired) electrons. The lowest BCUT2D eigenvalue weighted by Crippen LogP contribution is -1.97. The largest absolute Gasteiger partial charge is 0.439 e. The van der Waals surface area contributed by atoms with E-state index in [9.17, 15) is 0 Å². The van der Waals surface area contributed by atoms with Crippen molar-refractivity contribution in [2.75, 3.05) is 6.61 Å². The molecule has 0 spiro atoms. The van der Waals surface area contributed by atoms with E-state index in [1.807, 2.05) is 30.3 Å². The van der Waals surface area contributed by atoms with Crippen LogP contribution in [-0.4, -0.2) is 16.7 Å². The van der Waals surface area contributed by atoms with Crippen LogP contribution in [0.25, 0.3) is 0 Å². The van der Waals surface area contributed by atoms with E-state index in [-0.39, 0.29) is 6.61 Å². The number of aliphatic hydroxyl groups is 1. The maximum Gasteiger partial charge on any atom is 0.219 e. The summed E-state index contributed by atoms with van der Waals surface area (Å²) in [6.45, 7) is 0.630. The number of rotatable bonds is 5. The number of pyridine rings is 1. The van der Waals surface area contributed by atoms with Gasteiger partial charge in [-0.15, -0.1) is 0 Å². The van der Waals surface area contributed by atoms with Crippen molar-refractivity contribution in [3.05, 3.63) is 53.7 Å². The molecule has 0 atom stereocenters. The van der Waals surface area contributed by atoms with Gasteiger partial charge in [0.1, 0.15) is 5.75 Å². The Morgan fingerprint density at radius 2 is 1.78 bits per heavy atom. The molecule has 0 amide bonds. The minimum absolute atomic E-state index is 0.155.